The molecule has 0 saturated carbocycles. The number of fused-ring (bicyclic) bond motifs is 1. The van der Waals surface area contributed by atoms with Crippen LogP contribution < -0.4 is 5.32 Å². The topological polar surface area (TPSA) is 58.1 Å². The molecule has 1 heterocycles. The first-order valence-corrected chi connectivity index (χ1v) is 9.01. The third-order valence-corrected chi connectivity index (χ3v) is 4.57. The maximum atomic E-state index is 12.2. The predicted octanol–water partition coefficient (Wildman–Crippen LogP) is 3.72. The minimum atomic E-state index is -0.191. The van der Waals surface area contributed by atoms with Gasteiger partial charge in [-0.1, -0.05) is 41.9 Å². The largest absolute Gasteiger partial charge is 0.351 e. The summed E-state index contributed by atoms with van der Waals surface area (Å²) >= 11 is 6.30. The number of benzene rings is 2. The lowest BCUT2D eigenvalue weighted by atomic mass is 10.1. The van der Waals surface area contributed by atoms with Gasteiger partial charge in [0.15, 0.2) is 0 Å². The third-order valence-electron chi connectivity index (χ3n) is 4.23. The van der Waals surface area contributed by atoms with Crippen LogP contribution in [0, 0.1) is 0 Å². The molecule has 138 valence electrons. The lowest BCUT2D eigenvalue weighted by molar-refractivity contribution is -0.116. The zero-order chi connectivity index (χ0) is 19.2. The normalized spacial score (nSPS) is 12.6. The number of nitrogens with one attached hydrogen (secondary N) is 1. The van der Waals surface area contributed by atoms with Gasteiger partial charge in [0.05, 0.1) is 29.0 Å². The van der Waals surface area contributed by atoms with Crippen LogP contribution in [0.1, 0.15) is 17.3 Å². The average Bonchev–Trinajstić information content (AvgIpc) is 2.67. The van der Waals surface area contributed by atoms with Crippen molar-refractivity contribution in [2.75, 3.05) is 20.6 Å². The SMILES string of the molecule is CN(C)C(CNC(=O)/C=C/c1cnc2ccccc2n1)c1ccccc1Cl. The van der Waals surface area contributed by atoms with Crippen molar-refractivity contribution in [1.82, 2.24) is 20.2 Å². The standard InChI is InChI=1S/C21H21ClN4O/c1-26(2)20(16-7-3-4-8-17(16)22)14-24-21(27)12-11-15-13-23-18-9-5-6-10-19(18)25-15/h3-13,20H,14H2,1-2H3,(H,24,27)/b12-11+. The fraction of sp³-hybridized carbons (Fsp3) is 0.190. The Kier molecular flexibility index (Phi) is 6.16. The maximum Gasteiger partial charge on any atom is 0.244 e. The minimum absolute atomic E-state index is 0.0171. The van der Waals surface area contributed by atoms with Crippen LogP contribution in [0.4, 0.5) is 0 Å². The zero-order valence-corrected chi connectivity index (χ0v) is 16.0. The molecule has 1 N–H and O–H groups in total. The molecule has 3 aromatic rings. The number of nitrogens with zero attached hydrogens (tertiary/aromatic N) is 3. The molecule has 6 heteroatoms. The quantitative estimate of drug-likeness (QED) is 0.662. The van der Waals surface area contributed by atoms with E-state index in [1.165, 1.54) is 6.08 Å². The smallest absolute Gasteiger partial charge is 0.244 e. The van der Waals surface area contributed by atoms with Gasteiger partial charge in [-0.05, 0) is 43.9 Å². The van der Waals surface area contributed by atoms with Crippen LogP contribution in [0.2, 0.25) is 5.02 Å². The van der Waals surface area contributed by atoms with Crippen molar-refractivity contribution in [2.45, 2.75) is 6.04 Å². The number of hydrogen-bond donors (Lipinski definition) is 1. The van der Waals surface area contributed by atoms with E-state index in [0.717, 1.165) is 16.6 Å². The summed E-state index contributed by atoms with van der Waals surface area (Å²) in [7, 11) is 3.92. The second-order valence-electron chi connectivity index (χ2n) is 6.36. The Hall–Kier alpha value is -2.76. The first kappa shape index (κ1) is 19.0. The first-order chi connectivity index (χ1) is 13.0. The zero-order valence-electron chi connectivity index (χ0n) is 15.3. The Morgan fingerprint density at radius 3 is 2.59 bits per heavy atom. The summed E-state index contributed by atoms with van der Waals surface area (Å²) in [5, 5.41) is 3.61. The van der Waals surface area contributed by atoms with Gasteiger partial charge < -0.3 is 10.2 Å². The first-order valence-electron chi connectivity index (χ1n) is 8.63. The van der Waals surface area contributed by atoms with Crippen LogP contribution in [0.3, 0.4) is 0 Å². The van der Waals surface area contributed by atoms with Gasteiger partial charge in [0.25, 0.3) is 0 Å². The molecule has 1 unspecified atom stereocenters. The lowest BCUT2D eigenvalue weighted by Gasteiger charge is -2.25. The highest BCUT2D eigenvalue weighted by Gasteiger charge is 2.17. The van der Waals surface area contributed by atoms with E-state index in [4.69, 9.17) is 11.6 Å². The Morgan fingerprint density at radius 2 is 1.85 bits per heavy atom. The Morgan fingerprint density at radius 1 is 1.15 bits per heavy atom. The van der Waals surface area contributed by atoms with Crippen molar-refractivity contribution in [2.24, 2.45) is 0 Å². The average molecular weight is 381 g/mol. The Bertz CT molecular complexity index is 971. The molecule has 3 rings (SSSR count). The molecular formula is C21H21ClN4O. The number of amides is 1. The number of para-hydroxylation sites is 2. The summed E-state index contributed by atoms with van der Waals surface area (Å²) in [6, 6.07) is 15.3. The molecule has 1 atom stereocenters. The second-order valence-corrected chi connectivity index (χ2v) is 6.77. The molecule has 2 aromatic carbocycles. The van der Waals surface area contributed by atoms with Gasteiger partial charge in [-0.3, -0.25) is 9.78 Å². The summed E-state index contributed by atoms with van der Waals surface area (Å²) < 4.78 is 0. The molecule has 0 fully saturated rings. The number of carbonyl (C=O) groups excluding carboxylic acids is 1. The van der Waals surface area contributed by atoms with E-state index in [1.54, 1.807) is 12.3 Å². The van der Waals surface area contributed by atoms with Crippen LogP contribution >= 0.6 is 11.6 Å². The molecule has 5 nitrogen and oxygen atoms in total. The van der Waals surface area contributed by atoms with Crippen LogP contribution in [0.5, 0.6) is 0 Å². The Balaban J connectivity index is 1.65. The maximum absolute atomic E-state index is 12.2. The molecule has 0 radical (unpaired) electrons. The number of hydrogen-bond acceptors (Lipinski definition) is 4. The second kappa shape index (κ2) is 8.75. The van der Waals surface area contributed by atoms with E-state index >= 15 is 0 Å². The Labute approximate surface area is 163 Å². The van der Waals surface area contributed by atoms with E-state index in [2.05, 4.69) is 15.3 Å². The van der Waals surface area contributed by atoms with Gasteiger partial charge in [-0.25, -0.2) is 4.98 Å². The van der Waals surface area contributed by atoms with Gasteiger partial charge in [0.2, 0.25) is 5.91 Å². The predicted molar refractivity (Wildman–Crippen MR) is 109 cm³/mol. The van der Waals surface area contributed by atoms with Crippen molar-refractivity contribution in [3.05, 3.63) is 77.1 Å². The van der Waals surface area contributed by atoms with E-state index in [0.29, 0.717) is 17.3 Å². The van der Waals surface area contributed by atoms with Gasteiger partial charge in [-0.15, -0.1) is 0 Å². The number of aromatic nitrogens is 2. The highest BCUT2D eigenvalue weighted by atomic mass is 35.5. The molecule has 27 heavy (non-hydrogen) atoms. The molecule has 0 bridgehead atoms. The highest BCUT2D eigenvalue weighted by molar-refractivity contribution is 6.31. The van der Waals surface area contributed by atoms with Crippen molar-refractivity contribution >= 4 is 34.6 Å². The van der Waals surface area contributed by atoms with Crippen LogP contribution in [0.15, 0.2) is 60.8 Å². The molecule has 0 aliphatic carbocycles. The minimum Gasteiger partial charge on any atom is -0.351 e. The fourth-order valence-corrected chi connectivity index (χ4v) is 3.05. The van der Waals surface area contributed by atoms with Crippen LogP contribution in [0.25, 0.3) is 17.1 Å². The summed E-state index contributed by atoms with van der Waals surface area (Å²) in [5.41, 5.74) is 3.24. The molecule has 0 saturated heterocycles. The van der Waals surface area contributed by atoms with Crippen molar-refractivity contribution < 1.29 is 4.79 Å². The third kappa shape index (κ3) is 4.90. The number of rotatable bonds is 6. The highest BCUT2D eigenvalue weighted by Crippen LogP contribution is 2.25. The summed E-state index contributed by atoms with van der Waals surface area (Å²) in [5.74, 6) is -0.191. The molecule has 0 aliphatic rings. The lowest BCUT2D eigenvalue weighted by Crippen LogP contribution is -2.33. The molecule has 1 amide bonds. The number of carbonyl (C=O) groups is 1. The van der Waals surface area contributed by atoms with Gasteiger partial charge >= 0.3 is 0 Å². The van der Waals surface area contributed by atoms with Crippen LogP contribution in [-0.4, -0.2) is 41.4 Å². The number of likely N-dealkylation sites (N-methyl/N-ethyl adjacent to an activating group) is 1. The van der Waals surface area contributed by atoms with Crippen molar-refractivity contribution in [3.8, 4) is 0 Å². The van der Waals surface area contributed by atoms with E-state index in [1.807, 2.05) is 67.5 Å². The molecular weight excluding hydrogens is 360 g/mol. The van der Waals surface area contributed by atoms with Crippen LogP contribution in [-0.2, 0) is 4.79 Å². The molecule has 1 aromatic heterocycles. The summed E-state index contributed by atoms with van der Waals surface area (Å²) in [6.07, 6.45) is 4.78. The molecule has 0 spiro atoms. The summed E-state index contributed by atoms with van der Waals surface area (Å²) in [4.78, 5) is 23.1. The van der Waals surface area contributed by atoms with Gasteiger partial charge in [0.1, 0.15) is 0 Å². The molecule has 0 aliphatic heterocycles. The van der Waals surface area contributed by atoms with Crippen molar-refractivity contribution in [1.29, 1.82) is 0 Å². The van der Waals surface area contributed by atoms with E-state index in [-0.39, 0.29) is 11.9 Å². The van der Waals surface area contributed by atoms with Gasteiger partial charge in [0, 0.05) is 17.6 Å². The monoisotopic (exact) mass is 380 g/mol. The van der Waals surface area contributed by atoms with E-state index in [9.17, 15) is 4.79 Å². The van der Waals surface area contributed by atoms with Crippen molar-refractivity contribution in [3.63, 3.8) is 0 Å². The fourth-order valence-electron chi connectivity index (χ4n) is 2.79. The summed E-state index contributed by atoms with van der Waals surface area (Å²) in [6.45, 7) is 0.448. The van der Waals surface area contributed by atoms with E-state index < -0.39 is 0 Å². The number of halogens is 1. The van der Waals surface area contributed by atoms with Gasteiger partial charge in [-0.2, -0.15) is 0 Å².